The molecule has 118 valence electrons. The lowest BCUT2D eigenvalue weighted by Gasteiger charge is -2.39. The van der Waals surface area contributed by atoms with Gasteiger partial charge in [-0.2, -0.15) is 0 Å². The van der Waals surface area contributed by atoms with Gasteiger partial charge >= 0.3 is 0 Å². The van der Waals surface area contributed by atoms with Crippen molar-refractivity contribution in [3.05, 3.63) is 28.8 Å². The van der Waals surface area contributed by atoms with E-state index in [0.29, 0.717) is 6.04 Å². The van der Waals surface area contributed by atoms with Crippen LogP contribution in [0.2, 0.25) is 5.02 Å². The van der Waals surface area contributed by atoms with Gasteiger partial charge in [-0.1, -0.05) is 24.6 Å². The molecule has 0 aliphatic carbocycles. The summed E-state index contributed by atoms with van der Waals surface area (Å²) in [7, 11) is 0. The Bertz CT molecular complexity index is 440. The molecule has 1 N–H and O–H groups in total. The summed E-state index contributed by atoms with van der Waals surface area (Å²) >= 11 is 6.43. The van der Waals surface area contributed by atoms with Crippen LogP contribution in [0.15, 0.2) is 18.2 Å². The van der Waals surface area contributed by atoms with Crippen molar-refractivity contribution in [3.63, 3.8) is 0 Å². The van der Waals surface area contributed by atoms with E-state index in [0.717, 1.165) is 50.7 Å². The van der Waals surface area contributed by atoms with E-state index in [1.54, 1.807) is 0 Å². The number of piperazine rings is 1. The lowest BCUT2D eigenvalue weighted by atomic mass is 10.1. The topological polar surface area (TPSA) is 18.5 Å². The summed E-state index contributed by atoms with van der Waals surface area (Å²) in [5.74, 6) is 0. The molecule has 0 radical (unpaired) electrons. The molecule has 1 heterocycles. The van der Waals surface area contributed by atoms with Crippen molar-refractivity contribution in [2.24, 2.45) is 0 Å². The zero-order valence-electron chi connectivity index (χ0n) is 13.5. The van der Waals surface area contributed by atoms with Gasteiger partial charge in [-0.05, 0) is 38.9 Å². The van der Waals surface area contributed by atoms with Crippen LogP contribution in [0.3, 0.4) is 0 Å². The van der Waals surface area contributed by atoms with Crippen molar-refractivity contribution < 1.29 is 0 Å². The van der Waals surface area contributed by atoms with Crippen molar-refractivity contribution in [3.8, 4) is 0 Å². The first-order valence-corrected chi connectivity index (χ1v) is 8.48. The van der Waals surface area contributed by atoms with E-state index in [1.165, 1.54) is 11.3 Å². The summed E-state index contributed by atoms with van der Waals surface area (Å²) in [5, 5.41) is 4.35. The lowest BCUT2D eigenvalue weighted by molar-refractivity contribution is 0.209. The highest BCUT2D eigenvalue weighted by atomic mass is 35.5. The highest BCUT2D eigenvalue weighted by Crippen LogP contribution is 2.28. The van der Waals surface area contributed by atoms with Crippen LogP contribution in [0.4, 0.5) is 5.69 Å². The average molecular weight is 310 g/mol. The Morgan fingerprint density at radius 2 is 1.90 bits per heavy atom. The summed E-state index contributed by atoms with van der Waals surface area (Å²) in [4.78, 5) is 5.02. The molecule has 21 heavy (non-hydrogen) atoms. The number of rotatable bonds is 6. The Labute approximate surface area is 134 Å². The third-order valence-electron chi connectivity index (χ3n) is 4.21. The number of benzene rings is 1. The molecule has 1 aliphatic heterocycles. The van der Waals surface area contributed by atoms with E-state index in [-0.39, 0.29) is 0 Å². The summed E-state index contributed by atoms with van der Waals surface area (Å²) < 4.78 is 0. The number of hydrogen-bond donors (Lipinski definition) is 1. The van der Waals surface area contributed by atoms with Crippen LogP contribution in [0, 0.1) is 0 Å². The molecule has 0 aromatic heterocycles. The summed E-state index contributed by atoms with van der Waals surface area (Å²) in [5.41, 5.74) is 2.54. The molecule has 2 rings (SSSR count). The molecule has 1 aliphatic rings. The van der Waals surface area contributed by atoms with E-state index in [1.807, 2.05) is 6.07 Å². The molecule has 0 unspecified atom stereocenters. The Morgan fingerprint density at radius 1 is 1.19 bits per heavy atom. The number of nitrogens with zero attached hydrogens (tertiary/aromatic N) is 2. The van der Waals surface area contributed by atoms with Crippen molar-refractivity contribution in [2.75, 3.05) is 37.6 Å². The molecule has 1 fully saturated rings. The molecule has 0 atom stereocenters. The highest BCUT2D eigenvalue weighted by Gasteiger charge is 2.21. The summed E-state index contributed by atoms with van der Waals surface area (Å²) in [6.07, 6.45) is 1.15. The zero-order chi connectivity index (χ0) is 15.2. The van der Waals surface area contributed by atoms with Crippen LogP contribution < -0.4 is 10.2 Å². The van der Waals surface area contributed by atoms with E-state index in [4.69, 9.17) is 11.6 Å². The third-order valence-corrected chi connectivity index (χ3v) is 4.56. The number of anilines is 1. The predicted molar refractivity (Wildman–Crippen MR) is 92.4 cm³/mol. The summed E-state index contributed by atoms with van der Waals surface area (Å²) in [6.45, 7) is 13.0. The van der Waals surface area contributed by atoms with Crippen LogP contribution >= 0.6 is 11.6 Å². The van der Waals surface area contributed by atoms with Gasteiger partial charge in [0.1, 0.15) is 0 Å². The zero-order valence-corrected chi connectivity index (χ0v) is 14.3. The molecule has 1 saturated heterocycles. The van der Waals surface area contributed by atoms with Crippen molar-refractivity contribution >= 4 is 17.3 Å². The number of hydrogen-bond acceptors (Lipinski definition) is 3. The number of halogens is 1. The Morgan fingerprint density at radius 3 is 2.52 bits per heavy atom. The summed E-state index contributed by atoms with van der Waals surface area (Å²) in [6, 6.07) is 6.91. The second-order valence-corrected chi connectivity index (χ2v) is 6.44. The van der Waals surface area contributed by atoms with E-state index in [9.17, 15) is 0 Å². The second kappa shape index (κ2) is 8.02. The fraction of sp³-hybridized carbons (Fsp3) is 0.647. The van der Waals surface area contributed by atoms with Gasteiger partial charge in [-0.3, -0.25) is 4.90 Å². The molecule has 0 amide bonds. The van der Waals surface area contributed by atoms with Gasteiger partial charge in [0.05, 0.1) is 0 Å². The minimum Gasteiger partial charge on any atom is -0.369 e. The first kappa shape index (κ1) is 16.6. The van der Waals surface area contributed by atoms with Crippen LogP contribution in [0.25, 0.3) is 0 Å². The van der Waals surface area contributed by atoms with Gasteiger partial charge < -0.3 is 10.2 Å². The largest absolute Gasteiger partial charge is 0.369 e. The predicted octanol–water partition coefficient (Wildman–Crippen LogP) is 3.37. The van der Waals surface area contributed by atoms with Crippen LogP contribution in [0.1, 0.15) is 32.8 Å². The normalized spacial score (nSPS) is 16.7. The van der Waals surface area contributed by atoms with Gasteiger partial charge in [-0.15, -0.1) is 0 Å². The molecule has 1 aromatic rings. The van der Waals surface area contributed by atoms with Crippen molar-refractivity contribution in [1.29, 1.82) is 0 Å². The van der Waals surface area contributed by atoms with Gasteiger partial charge in [0.25, 0.3) is 0 Å². The minimum atomic E-state index is 0.636. The maximum absolute atomic E-state index is 6.43. The van der Waals surface area contributed by atoms with Gasteiger partial charge in [-0.25, -0.2) is 0 Å². The molecule has 4 heteroatoms. The van der Waals surface area contributed by atoms with Crippen LogP contribution in [-0.4, -0.2) is 43.7 Å². The third kappa shape index (κ3) is 4.35. The highest BCUT2D eigenvalue weighted by molar-refractivity contribution is 6.31. The Kier molecular flexibility index (Phi) is 6.34. The number of nitrogens with one attached hydrogen (secondary N) is 1. The first-order chi connectivity index (χ1) is 10.1. The van der Waals surface area contributed by atoms with E-state index in [2.05, 4.69) is 48.0 Å². The molecule has 0 spiro atoms. The van der Waals surface area contributed by atoms with E-state index >= 15 is 0 Å². The first-order valence-electron chi connectivity index (χ1n) is 8.10. The van der Waals surface area contributed by atoms with Gasteiger partial charge in [0, 0.05) is 55.0 Å². The van der Waals surface area contributed by atoms with Crippen LogP contribution in [0.5, 0.6) is 0 Å². The minimum absolute atomic E-state index is 0.636. The van der Waals surface area contributed by atoms with Gasteiger partial charge in [0.2, 0.25) is 0 Å². The average Bonchev–Trinajstić information content (AvgIpc) is 2.49. The molecule has 0 saturated carbocycles. The molecule has 1 aromatic carbocycles. The van der Waals surface area contributed by atoms with E-state index < -0.39 is 0 Å². The quantitative estimate of drug-likeness (QED) is 0.813. The Balaban J connectivity index is 2.07. The smallest absolute Gasteiger partial charge is 0.0471 e. The molecule has 3 nitrogen and oxygen atoms in total. The lowest BCUT2D eigenvalue weighted by Crippen LogP contribution is -2.49. The fourth-order valence-corrected chi connectivity index (χ4v) is 3.12. The second-order valence-electron chi connectivity index (χ2n) is 6.03. The SMILES string of the molecule is CCCNCc1c(Cl)cccc1N1CCN(C(C)C)CC1. The van der Waals surface area contributed by atoms with Crippen molar-refractivity contribution in [1.82, 2.24) is 10.2 Å². The van der Waals surface area contributed by atoms with Crippen molar-refractivity contribution in [2.45, 2.75) is 39.8 Å². The molecular weight excluding hydrogens is 282 g/mol. The monoisotopic (exact) mass is 309 g/mol. The Hall–Kier alpha value is -0.770. The fourth-order valence-electron chi connectivity index (χ4n) is 2.89. The molecule has 0 bridgehead atoms. The maximum atomic E-state index is 6.43. The van der Waals surface area contributed by atoms with Crippen LogP contribution in [-0.2, 0) is 6.54 Å². The van der Waals surface area contributed by atoms with Gasteiger partial charge in [0.15, 0.2) is 0 Å². The maximum Gasteiger partial charge on any atom is 0.0471 e. The molecular formula is C17H28ClN3. The standard InChI is InChI=1S/C17H28ClN3/c1-4-8-19-13-15-16(18)6-5-7-17(15)21-11-9-20(10-12-21)14(2)3/h5-7,14,19H,4,8-13H2,1-3H3.